The molecule has 0 heterocycles. The minimum Gasteiger partial charge on any atom is -0.317 e. The predicted octanol–water partition coefficient (Wildman–Crippen LogP) is 2.26. The molecule has 0 fully saturated rings. The Bertz CT molecular complexity index is 338. The van der Waals surface area contributed by atoms with E-state index in [2.05, 4.69) is 5.32 Å². The molecule has 68 valence electrons. The zero-order valence-electron chi connectivity index (χ0n) is 11.9. The average molecular weight is 191 g/mol. The maximum atomic E-state index is 7.90. The third-order valence-electron chi connectivity index (χ3n) is 1.38. The van der Waals surface area contributed by atoms with E-state index in [1.54, 1.807) is 24.3 Å². The lowest BCUT2D eigenvalue weighted by molar-refractivity contribution is 0.608. The Morgan fingerprint density at radius 3 is 2.83 bits per heavy atom. The Morgan fingerprint density at radius 1 is 1.58 bits per heavy atom. The van der Waals surface area contributed by atoms with Gasteiger partial charge in [-0.2, -0.15) is 0 Å². The normalized spacial score (nSPS) is 24.2. The molecule has 1 nitrogen and oxygen atoms in total. The summed E-state index contributed by atoms with van der Waals surface area (Å²) < 4.78 is 36.9. The topological polar surface area (TPSA) is 12.0 Å². The van der Waals surface area contributed by atoms with Crippen molar-refractivity contribution in [3.8, 4) is 0 Å². The highest BCUT2D eigenvalue weighted by Crippen LogP contribution is 2.01. The van der Waals surface area contributed by atoms with Crippen LogP contribution in [0.25, 0.3) is 0 Å². The van der Waals surface area contributed by atoms with E-state index in [1.165, 1.54) is 6.92 Å². The Morgan fingerprint density at radius 2 is 2.25 bits per heavy atom. The third-order valence-corrected chi connectivity index (χ3v) is 1.38. The summed E-state index contributed by atoms with van der Waals surface area (Å²) in [7, 11) is 0. The quantitative estimate of drug-likeness (QED) is 0.771. The van der Waals surface area contributed by atoms with Crippen LogP contribution in [0.3, 0.4) is 0 Å². The lowest BCUT2D eigenvalue weighted by Gasteiger charge is -2.08. The molecule has 0 aromatic heterocycles. The zero-order chi connectivity index (χ0) is 12.4. The van der Waals surface area contributed by atoms with Gasteiger partial charge in [0.1, 0.15) is 0 Å². The highest BCUT2D eigenvalue weighted by atomic mass is 35.5. The Labute approximate surface area is 87.6 Å². The van der Waals surface area contributed by atoms with Crippen molar-refractivity contribution in [1.82, 2.24) is 5.32 Å². The molecule has 12 heavy (non-hydrogen) atoms. The number of halogens is 1. The van der Waals surface area contributed by atoms with Crippen LogP contribution in [0.4, 0.5) is 0 Å². The molecule has 2 atom stereocenters. The summed E-state index contributed by atoms with van der Waals surface area (Å²) in [5, 5.41) is 2.17. The molecular weight excluding hydrogens is 170 g/mol. The van der Waals surface area contributed by atoms with Crippen LogP contribution in [-0.2, 0) is 6.40 Å². The SMILES string of the molecule is Cl.[2H]C(c1ccccc1)C([2H])(C)NC([2H])([2H])[2H]. The lowest BCUT2D eigenvalue weighted by Crippen LogP contribution is -2.23. The third kappa shape index (κ3) is 3.74. The molecule has 0 saturated heterocycles. The second kappa shape index (κ2) is 6.04. The monoisotopic (exact) mass is 190 g/mol. The van der Waals surface area contributed by atoms with Gasteiger partial charge in [-0.3, -0.25) is 0 Å². The second-order valence-electron chi connectivity index (χ2n) is 2.36. The fourth-order valence-electron chi connectivity index (χ4n) is 0.835. The summed E-state index contributed by atoms with van der Waals surface area (Å²) in [6.07, 6.45) is -0.950. The summed E-state index contributed by atoms with van der Waals surface area (Å²) in [5.74, 6) is 0. The number of likely N-dealkylation sites (N-methyl/N-ethyl adjacent to an activating group) is 1. The van der Waals surface area contributed by atoms with Crippen molar-refractivity contribution in [2.24, 2.45) is 0 Å². The first-order valence-corrected chi connectivity index (χ1v) is 3.49. The first-order chi connectivity index (χ1) is 7.22. The van der Waals surface area contributed by atoms with E-state index in [9.17, 15) is 0 Å². The van der Waals surface area contributed by atoms with Gasteiger partial charge in [-0.15, -0.1) is 12.4 Å². The van der Waals surface area contributed by atoms with E-state index in [0.717, 1.165) is 0 Å². The molecule has 1 N–H and O–H groups in total. The maximum Gasteiger partial charge on any atom is 0.0465 e. The molecule has 0 spiro atoms. The van der Waals surface area contributed by atoms with Crippen molar-refractivity contribution in [3.63, 3.8) is 0 Å². The molecule has 0 radical (unpaired) electrons. The fraction of sp³-hybridized carbons (Fsp3) is 0.400. The first kappa shape index (κ1) is 5.25. The van der Waals surface area contributed by atoms with Crippen LogP contribution in [0.15, 0.2) is 30.3 Å². The van der Waals surface area contributed by atoms with Crippen molar-refractivity contribution in [2.75, 3.05) is 6.98 Å². The van der Waals surface area contributed by atoms with E-state index in [1.807, 2.05) is 6.07 Å². The molecule has 0 amide bonds. The van der Waals surface area contributed by atoms with Crippen molar-refractivity contribution < 1.29 is 6.85 Å². The van der Waals surface area contributed by atoms with Gasteiger partial charge < -0.3 is 5.32 Å². The molecule has 1 aromatic rings. The van der Waals surface area contributed by atoms with Crippen molar-refractivity contribution in [1.29, 1.82) is 0 Å². The van der Waals surface area contributed by atoms with Crippen molar-refractivity contribution >= 4 is 12.4 Å². The highest BCUT2D eigenvalue weighted by molar-refractivity contribution is 5.85. The van der Waals surface area contributed by atoms with E-state index in [-0.39, 0.29) is 12.4 Å². The molecule has 2 unspecified atom stereocenters. The molecule has 0 aliphatic rings. The number of hydrogen-bond donors (Lipinski definition) is 1. The Hall–Kier alpha value is -0.530. The molecule has 2 heteroatoms. The highest BCUT2D eigenvalue weighted by Gasteiger charge is 1.97. The van der Waals surface area contributed by atoms with Gasteiger partial charge in [0.15, 0.2) is 0 Å². The van der Waals surface area contributed by atoms with Gasteiger partial charge in [0.2, 0.25) is 0 Å². The molecule has 0 bridgehead atoms. The molecule has 1 aromatic carbocycles. The van der Waals surface area contributed by atoms with Crippen molar-refractivity contribution in [2.45, 2.75) is 19.3 Å². The Kier molecular flexibility index (Phi) is 2.64. The van der Waals surface area contributed by atoms with Crippen LogP contribution < -0.4 is 5.32 Å². The number of nitrogens with one attached hydrogen (secondary N) is 1. The molecule has 0 saturated carbocycles. The molecular formula is C10H16ClN. The summed E-state index contributed by atoms with van der Waals surface area (Å²) in [4.78, 5) is 0. The van der Waals surface area contributed by atoms with Crippen LogP contribution in [-0.4, -0.2) is 13.0 Å². The number of rotatable bonds is 3. The summed E-state index contributed by atoms with van der Waals surface area (Å²) in [6, 6.07) is 7.23. The standard InChI is InChI=1S/C10H15N.ClH/c1-9(11-2)8-10-6-4-3-5-7-10;/h3-7,9,11H,8H2,1-2H3;1H/i2D3,8D,9D;. The van der Waals surface area contributed by atoms with Crippen LogP contribution >= 0.6 is 12.4 Å². The van der Waals surface area contributed by atoms with Gasteiger partial charge in [-0.1, -0.05) is 30.3 Å². The van der Waals surface area contributed by atoms with Crippen LogP contribution in [0.1, 0.15) is 19.3 Å². The zero-order valence-corrected chi connectivity index (χ0v) is 7.69. The molecule has 1 rings (SSSR count). The van der Waals surface area contributed by atoms with E-state index in [4.69, 9.17) is 6.85 Å². The lowest BCUT2D eigenvalue weighted by atomic mass is 10.1. The predicted molar refractivity (Wildman–Crippen MR) is 55.9 cm³/mol. The minimum absolute atomic E-state index is 0. The first-order valence-electron chi connectivity index (χ1n) is 6.07. The van der Waals surface area contributed by atoms with E-state index < -0.39 is 19.4 Å². The average Bonchev–Trinajstić information content (AvgIpc) is 2.14. The van der Waals surface area contributed by atoms with Crippen LogP contribution in [0.5, 0.6) is 0 Å². The van der Waals surface area contributed by atoms with Gasteiger partial charge in [0.05, 0.1) is 0 Å². The maximum absolute atomic E-state index is 7.90. The van der Waals surface area contributed by atoms with Gasteiger partial charge in [-0.25, -0.2) is 0 Å². The largest absolute Gasteiger partial charge is 0.317 e. The summed E-state index contributed by atoms with van der Waals surface area (Å²) in [6.45, 7) is -1.02. The van der Waals surface area contributed by atoms with Crippen LogP contribution in [0, 0.1) is 0 Å². The second-order valence-corrected chi connectivity index (χ2v) is 2.36. The Balaban J connectivity index is 0.00000256. The van der Waals surface area contributed by atoms with Gasteiger partial charge in [-0.05, 0) is 25.9 Å². The van der Waals surface area contributed by atoms with Crippen molar-refractivity contribution in [3.05, 3.63) is 35.9 Å². The number of benzene rings is 1. The molecule has 0 aliphatic heterocycles. The van der Waals surface area contributed by atoms with E-state index in [0.29, 0.717) is 5.56 Å². The fourth-order valence-corrected chi connectivity index (χ4v) is 0.835. The van der Waals surface area contributed by atoms with Crippen LogP contribution in [0.2, 0.25) is 0 Å². The smallest absolute Gasteiger partial charge is 0.0465 e. The van der Waals surface area contributed by atoms with Gasteiger partial charge in [0, 0.05) is 12.9 Å². The van der Waals surface area contributed by atoms with E-state index >= 15 is 0 Å². The minimum atomic E-state index is -2.41. The van der Waals surface area contributed by atoms with Gasteiger partial charge >= 0.3 is 0 Å². The summed E-state index contributed by atoms with van der Waals surface area (Å²) >= 11 is 0. The summed E-state index contributed by atoms with van der Waals surface area (Å²) in [5.41, 5.74) is 0.622. The molecule has 0 aliphatic carbocycles. The van der Waals surface area contributed by atoms with Gasteiger partial charge in [0.25, 0.3) is 0 Å². The number of hydrogen-bond acceptors (Lipinski definition) is 1.